The van der Waals surface area contributed by atoms with Crippen molar-refractivity contribution in [3.05, 3.63) is 54.1 Å². The van der Waals surface area contributed by atoms with E-state index in [9.17, 15) is 5.11 Å². The number of anilines is 1. The summed E-state index contributed by atoms with van der Waals surface area (Å²) in [6.07, 6.45) is 2.01. The third-order valence-electron chi connectivity index (χ3n) is 5.09. The highest BCUT2D eigenvalue weighted by molar-refractivity contribution is 5.80. The summed E-state index contributed by atoms with van der Waals surface area (Å²) in [5.41, 5.74) is 2.47. The van der Waals surface area contributed by atoms with E-state index in [0.717, 1.165) is 57.3 Å². The second kappa shape index (κ2) is 9.88. The van der Waals surface area contributed by atoms with Crippen LogP contribution >= 0.6 is 0 Å². The second-order valence-corrected chi connectivity index (χ2v) is 6.92. The van der Waals surface area contributed by atoms with Gasteiger partial charge in [-0.05, 0) is 54.8 Å². The number of nitrogens with one attached hydrogen (secondary N) is 1. The first-order valence-electron chi connectivity index (χ1n) is 9.82. The molecule has 0 aromatic heterocycles. The van der Waals surface area contributed by atoms with Crippen molar-refractivity contribution in [1.29, 1.82) is 0 Å². The lowest BCUT2D eigenvalue weighted by Crippen LogP contribution is -2.52. The standard InChI is InChI=1S/C22H30N4O2/c1-23-22(24-13-3-4-18-5-9-20(27)10-6-18)26-16-14-25(15-17-26)19-7-11-21(28-2)12-8-19/h5-12,27H,3-4,13-17H2,1-2H3,(H,23,24). The van der Waals surface area contributed by atoms with Gasteiger partial charge in [0, 0.05) is 45.5 Å². The maximum Gasteiger partial charge on any atom is 0.193 e. The van der Waals surface area contributed by atoms with Gasteiger partial charge in [0.05, 0.1) is 7.11 Å². The second-order valence-electron chi connectivity index (χ2n) is 6.92. The Morgan fingerprint density at radius 3 is 2.32 bits per heavy atom. The molecule has 0 saturated carbocycles. The summed E-state index contributed by atoms with van der Waals surface area (Å²) in [5, 5.41) is 12.8. The number of hydrogen-bond donors (Lipinski definition) is 2. The van der Waals surface area contributed by atoms with Crippen LogP contribution in [0, 0.1) is 0 Å². The fourth-order valence-electron chi connectivity index (χ4n) is 3.46. The van der Waals surface area contributed by atoms with Gasteiger partial charge < -0.3 is 25.0 Å². The Kier molecular flexibility index (Phi) is 7.00. The first kappa shape index (κ1) is 19.9. The number of methoxy groups -OCH3 is 1. The number of nitrogens with zero attached hydrogens (tertiary/aromatic N) is 3. The molecule has 2 aromatic carbocycles. The van der Waals surface area contributed by atoms with Gasteiger partial charge in [0.15, 0.2) is 5.96 Å². The van der Waals surface area contributed by atoms with Crippen LogP contribution in [0.25, 0.3) is 0 Å². The molecule has 2 N–H and O–H groups in total. The largest absolute Gasteiger partial charge is 0.508 e. The van der Waals surface area contributed by atoms with Gasteiger partial charge in [0.25, 0.3) is 0 Å². The van der Waals surface area contributed by atoms with Crippen LogP contribution in [0.1, 0.15) is 12.0 Å². The average molecular weight is 383 g/mol. The van der Waals surface area contributed by atoms with E-state index in [4.69, 9.17) is 4.74 Å². The lowest BCUT2D eigenvalue weighted by Gasteiger charge is -2.37. The molecule has 1 saturated heterocycles. The molecule has 1 aliphatic heterocycles. The highest BCUT2D eigenvalue weighted by Crippen LogP contribution is 2.20. The summed E-state index contributed by atoms with van der Waals surface area (Å²) in [6.45, 7) is 4.72. The summed E-state index contributed by atoms with van der Waals surface area (Å²) < 4.78 is 5.24. The molecule has 1 fully saturated rings. The van der Waals surface area contributed by atoms with Gasteiger partial charge in [-0.3, -0.25) is 4.99 Å². The van der Waals surface area contributed by atoms with Crippen LogP contribution in [0.4, 0.5) is 5.69 Å². The zero-order valence-corrected chi connectivity index (χ0v) is 16.8. The van der Waals surface area contributed by atoms with Crippen molar-refractivity contribution in [3.63, 3.8) is 0 Å². The third-order valence-corrected chi connectivity index (χ3v) is 5.09. The van der Waals surface area contributed by atoms with Crippen LogP contribution in [-0.4, -0.2) is 62.8 Å². The first-order valence-corrected chi connectivity index (χ1v) is 9.82. The summed E-state index contributed by atoms with van der Waals surface area (Å²) in [6, 6.07) is 15.7. The predicted molar refractivity (Wildman–Crippen MR) is 115 cm³/mol. The molecule has 6 heteroatoms. The van der Waals surface area contributed by atoms with Crippen LogP contribution in [0.15, 0.2) is 53.5 Å². The van der Waals surface area contributed by atoms with E-state index in [2.05, 4.69) is 32.2 Å². The molecule has 0 bridgehead atoms. The minimum Gasteiger partial charge on any atom is -0.508 e. The molecule has 1 aliphatic rings. The van der Waals surface area contributed by atoms with Gasteiger partial charge in [-0.2, -0.15) is 0 Å². The van der Waals surface area contributed by atoms with Gasteiger partial charge in [0.1, 0.15) is 11.5 Å². The molecular formula is C22H30N4O2. The number of benzene rings is 2. The van der Waals surface area contributed by atoms with E-state index in [0.29, 0.717) is 5.75 Å². The number of aromatic hydroxyl groups is 1. The van der Waals surface area contributed by atoms with Crippen molar-refractivity contribution in [2.75, 3.05) is 51.8 Å². The van der Waals surface area contributed by atoms with Crippen LogP contribution in [0.3, 0.4) is 0 Å². The SMILES string of the molecule is CN=C(NCCCc1ccc(O)cc1)N1CCN(c2ccc(OC)cc2)CC1. The van der Waals surface area contributed by atoms with Crippen molar-refractivity contribution in [2.24, 2.45) is 4.99 Å². The first-order chi connectivity index (χ1) is 13.7. The van der Waals surface area contributed by atoms with Crippen molar-refractivity contribution in [3.8, 4) is 11.5 Å². The van der Waals surface area contributed by atoms with Crippen LogP contribution in [-0.2, 0) is 6.42 Å². The number of phenols is 1. The Morgan fingerprint density at radius 1 is 1.04 bits per heavy atom. The molecular weight excluding hydrogens is 352 g/mol. The average Bonchev–Trinajstić information content (AvgIpc) is 2.75. The smallest absolute Gasteiger partial charge is 0.193 e. The van der Waals surface area contributed by atoms with Crippen molar-refractivity contribution < 1.29 is 9.84 Å². The summed E-state index contributed by atoms with van der Waals surface area (Å²) in [4.78, 5) is 9.17. The maximum atomic E-state index is 9.35. The zero-order valence-electron chi connectivity index (χ0n) is 16.8. The van der Waals surface area contributed by atoms with Crippen molar-refractivity contribution in [2.45, 2.75) is 12.8 Å². The third kappa shape index (κ3) is 5.31. The topological polar surface area (TPSA) is 60.3 Å². The number of guanidine groups is 1. The van der Waals surface area contributed by atoms with Gasteiger partial charge in [-0.25, -0.2) is 0 Å². The number of rotatable bonds is 6. The molecule has 1 heterocycles. The van der Waals surface area contributed by atoms with E-state index in [-0.39, 0.29) is 0 Å². The van der Waals surface area contributed by atoms with Crippen molar-refractivity contribution >= 4 is 11.6 Å². The molecule has 28 heavy (non-hydrogen) atoms. The van der Waals surface area contributed by atoms with Crippen LogP contribution in [0.2, 0.25) is 0 Å². The molecule has 6 nitrogen and oxygen atoms in total. The highest BCUT2D eigenvalue weighted by Gasteiger charge is 2.19. The molecule has 0 aliphatic carbocycles. The number of ether oxygens (including phenoxy) is 1. The predicted octanol–water partition coefficient (Wildman–Crippen LogP) is 2.73. The van der Waals surface area contributed by atoms with Gasteiger partial charge in [0.2, 0.25) is 0 Å². The number of piperazine rings is 1. The Morgan fingerprint density at radius 2 is 1.71 bits per heavy atom. The van der Waals surface area contributed by atoms with Gasteiger partial charge in [-0.1, -0.05) is 12.1 Å². The molecule has 150 valence electrons. The minimum atomic E-state index is 0.316. The molecule has 0 radical (unpaired) electrons. The molecule has 0 unspecified atom stereocenters. The fourth-order valence-corrected chi connectivity index (χ4v) is 3.46. The Bertz CT molecular complexity index is 751. The molecule has 3 rings (SSSR count). The quantitative estimate of drug-likeness (QED) is 0.457. The molecule has 0 spiro atoms. The highest BCUT2D eigenvalue weighted by atomic mass is 16.5. The normalized spacial score (nSPS) is 14.9. The van der Waals surface area contributed by atoms with Crippen LogP contribution in [0.5, 0.6) is 11.5 Å². The lowest BCUT2D eigenvalue weighted by molar-refractivity contribution is 0.372. The van der Waals surface area contributed by atoms with E-state index >= 15 is 0 Å². The number of phenolic OH excluding ortho intramolecular Hbond substituents is 1. The summed E-state index contributed by atoms with van der Waals surface area (Å²) in [5.74, 6) is 2.18. The molecule has 0 amide bonds. The lowest BCUT2D eigenvalue weighted by atomic mass is 10.1. The van der Waals surface area contributed by atoms with Gasteiger partial charge >= 0.3 is 0 Å². The van der Waals surface area contributed by atoms with Crippen molar-refractivity contribution in [1.82, 2.24) is 10.2 Å². The monoisotopic (exact) mass is 382 g/mol. The minimum absolute atomic E-state index is 0.316. The van der Waals surface area contributed by atoms with Crippen LogP contribution < -0.4 is 15.0 Å². The summed E-state index contributed by atoms with van der Waals surface area (Å²) >= 11 is 0. The zero-order chi connectivity index (χ0) is 19.8. The van der Waals surface area contributed by atoms with E-state index in [1.165, 1.54) is 11.3 Å². The maximum absolute atomic E-state index is 9.35. The Balaban J connectivity index is 1.42. The molecule has 2 aromatic rings. The Labute approximate surface area is 167 Å². The Hall–Kier alpha value is -2.89. The fraction of sp³-hybridized carbons (Fsp3) is 0.409. The number of aliphatic imine (C=N–C) groups is 1. The van der Waals surface area contributed by atoms with E-state index in [1.54, 1.807) is 19.2 Å². The number of aryl methyl sites for hydroxylation is 1. The van der Waals surface area contributed by atoms with E-state index < -0.39 is 0 Å². The molecule has 0 atom stereocenters. The number of hydrogen-bond acceptors (Lipinski definition) is 4. The van der Waals surface area contributed by atoms with E-state index in [1.807, 2.05) is 31.3 Å². The van der Waals surface area contributed by atoms with Gasteiger partial charge in [-0.15, -0.1) is 0 Å². The summed E-state index contributed by atoms with van der Waals surface area (Å²) in [7, 11) is 3.54.